The molecule has 128 valence electrons. The number of aromatic amines is 1. The van der Waals surface area contributed by atoms with Gasteiger partial charge >= 0.3 is 0 Å². The molecule has 0 aromatic carbocycles. The summed E-state index contributed by atoms with van der Waals surface area (Å²) in [7, 11) is 0. The molecular formula is C19H24FN3O. The Hall–Kier alpha value is -1.91. The highest BCUT2D eigenvalue weighted by Gasteiger charge is 2.54. The molecule has 0 spiro atoms. The molecule has 1 amide bonds. The minimum Gasteiger partial charge on any atom is -0.347 e. The van der Waals surface area contributed by atoms with E-state index in [1.54, 1.807) is 13.0 Å². The number of aromatic nitrogens is 2. The summed E-state index contributed by atoms with van der Waals surface area (Å²) in [5, 5.41) is 3.56. The van der Waals surface area contributed by atoms with E-state index in [0.29, 0.717) is 45.6 Å². The van der Waals surface area contributed by atoms with E-state index in [9.17, 15) is 9.18 Å². The number of rotatable bonds is 2. The fraction of sp³-hybridized carbons (Fsp3) is 0.579. The second-order valence-electron chi connectivity index (χ2n) is 8.34. The molecule has 2 aromatic heterocycles. The van der Waals surface area contributed by atoms with Crippen molar-refractivity contribution in [1.29, 1.82) is 0 Å². The molecule has 2 aliphatic carbocycles. The zero-order valence-corrected chi connectivity index (χ0v) is 14.6. The number of fused-ring (bicyclic) bond motifs is 3. The predicted octanol–water partition coefficient (Wildman–Crippen LogP) is 3.81. The number of hydrogen-bond acceptors (Lipinski definition) is 2. The number of hydrogen-bond donors (Lipinski definition) is 2. The lowest BCUT2D eigenvalue weighted by Crippen LogP contribution is -2.46. The van der Waals surface area contributed by atoms with E-state index in [1.165, 1.54) is 12.5 Å². The van der Waals surface area contributed by atoms with Gasteiger partial charge in [-0.3, -0.25) is 4.79 Å². The smallest absolute Gasteiger partial charge is 0.268 e. The van der Waals surface area contributed by atoms with Crippen molar-refractivity contribution in [2.45, 2.75) is 46.6 Å². The molecule has 4 rings (SSSR count). The zero-order valence-electron chi connectivity index (χ0n) is 14.6. The molecule has 2 saturated carbocycles. The molecule has 2 N–H and O–H groups in total. The maximum atomic E-state index is 14.0. The maximum Gasteiger partial charge on any atom is 0.268 e. The summed E-state index contributed by atoms with van der Waals surface area (Å²) in [5.41, 5.74) is 1.78. The largest absolute Gasteiger partial charge is 0.347 e. The van der Waals surface area contributed by atoms with Crippen LogP contribution in [0.5, 0.6) is 0 Å². The molecule has 2 heterocycles. The quantitative estimate of drug-likeness (QED) is 0.880. The summed E-state index contributed by atoms with van der Waals surface area (Å²) in [6.07, 6.45) is 2.36. The third-order valence-corrected chi connectivity index (χ3v) is 6.28. The Morgan fingerprint density at radius 2 is 2.17 bits per heavy atom. The van der Waals surface area contributed by atoms with E-state index < -0.39 is 0 Å². The first-order valence-corrected chi connectivity index (χ1v) is 8.73. The van der Waals surface area contributed by atoms with Crippen LogP contribution in [0.4, 0.5) is 4.39 Å². The molecule has 4 nitrogen and oxygen atoms in total. The van der Waals surface area contributed by atoms with Crippen LogP contribution < -0.4 is 5.32 Å². The molecular weight excluding hydrogens is 305 g/mol. The van der Waals surface area contributed by atoms with E-state index in [0.717, 1.165) is 6.42 Å². The molecule has 0 radical (unpaired) electrons. The van der Waals surface area contributed by atoms with Gasteiger partial charge in [-0.05, 0) is 55.1 Å². The molecule has 2 bridgehead atoms. The van der Waals surface area contributed by atoms with Gasteiger partial charge in [-0.15, -0.1) is 0 Å². The first-order chi connectivity index (χ1) is 11.3. The molecule has 0 saturated heterocycles. The Morgan fingerprint density at radius 1 is 1.42 bits per heavy atom. The van der Waals surface area contributed by atoms with Crippen LogP contribution in [0.2, 0.25) is 0 Å². The third-order valence-electron chi connectivity index (χ3n) is 6.28. The number of aryl methyl sites for hydroxylation is 1. The van der Waals surface area contributed by atoms with Crippen LogP contribution in [0.1, 0.15) is 49.8 Å². The minimum atomic E-state index is -0.345. The summed E-state index contributed by atoms with van der Waals surface area (Å²) in [5.74, 6) is 1.18. The van der Waals surface area contributed by atoms with Crippen LogP contribution in [-0.4, -0.2) is 21.9 Å². The Labute approximate surface area is 141 Å². The third kappa shape index (κ3) is 2.25. The fourth-order valence-electron chi connectivity index (χ4n) is 5.22. The van der Waals surface area contributed by atoms with Crippen LogP contribution in [0.15, 0.2) is 12.1 Å². The summed E-state index contributed by atoms with van der Waals surface area (Å²) in [6, 6.07) is 3.16. The number of pyridine rings is 1. The van der Waals surface area contributed by atoms with Crippen LogP contribution >= 0.6 is 0 Å². The van der Waals surface area contributed by atoms with Gasteiger partial charge in [0.15, 0.2) is 0 Å². The molecule has 2 aliphatic rings. The van der Waals surface area contributed by atoms with Gasteiger partial charge in [-0.1, -0.05) is 20.8 Å². The molecule has 0 aliphatic heterocycles. The van der Waals surface area contributed by atoms with Gasteiger partial charge in [0, 0.05) is 11.7 Å². The average molecular weight is 329 g/mol. The van der Waals surface area contributed by atoms with E-state index in [4.69, 9.17) is 0 Å². The SMILES string of the molecule is Cc1cc(F)c2cc(C(=O)N[C@H]3C4C[C@@H]([C@@H]3C)C(C)(C)C4)[nH]c2n1. The number of carbonyl (C=O) groups is 1. The molecule has 2 fully saturated rings. The van der Waals surface area contributed by atoms with Gasteiger partial charge in [0.1, 0.15) is 17.2 Å². The van der Waals surface area contributed by atoms with E-state index in [-0.39, 0.29) is 17.8 Å². The lowest BCUT2D eigenvalue weighted by molar-refractivity contribution is 0.0832. The first-order valence-electron chi connectivity index (χ1n) is 8.73. The van der Waals surface area contributed by atoms with E-state index in [2.05, 4.69) is 36.1 Å². The Bertz CT molecular complexity index is 823. The topological polar surface area (TPSA) is 57.8 Å². The fourth-order valence-corrected chi connectivity index (χ4v) is 5.22. The van der Waals surface area contributed by atoms with Crippen molar-refractivity contribution >= 4 is 16.9 Å². The highest BCUT2D eigenvalue weighted by atomic mass is 19.1. The van der Waals surface area contributed by atoms with E-state index >= 15 is 0 Å². The normalized spacial score (nSPS) is 30.9. The molecule has 1 unspecified atom stereocenters. The lowest BCUT2D eigenvalue weighted by Gasteiger charge is -2.39. The molecule has 24 heavy (non-hydrogen) atoms. The van der Waals surface area contributed by atoms with Crippen LogP contribution in [0, 0.1) is 35.9 Å². The molecule has 4 atom stereocenters. The maximum absolute atomic E-state index is 14.0. The molecule has 5 heteroatoms. The lowest BCUT2D eigenvalue weighted by atomic mass is 9.70. The second kappa shape index (κ2) is 5.04. The van der Waals surface area contributed by atoms with Crippen LogP contribution in [0.3, 0.4) is 0 Å². The van der Waals surface area contributed by atoms with Crippen molar-refractivity contribution in [3.8, 4) is 0 Å². The van der Waals surface area contributed by atoms with Gasteiger partial charge in [-0.25, -0.2) is 9.37 Å². The summed E-state index contributed by atoms with van der Waals surface area (Å²) < 4.78 is 14.0. The van der Waals surface area contributed by atoms with Crippen LogP contribution in [0.25, 0.3) is 11.0 Å². The number of halogens is 1. The highest BCUT2D eigenvalue weighted by Crippen LogP contribution is 2.58. The van der Waals surface area contributed by atoms with Crippen molar-refractivity contribution in [3.63, 3.8) is 0 Å². The number of nitrogens with one attached hydrogen (secondary N) is 2. The summed E-state index contributed by atoms with van der Waals surface area (Å²) in [4.78, 5) is 19.9. The van der Waals surface area contributed by atoms with Crippen molar-refractivity contribution in [2.75, 3.05) is 0 Å². The van der Waals surface area contributed by atoms with Gasteiger partial charge in [-0.2, -0.15) is 0 Å². The van der Waals surface area contributed by atoms with Gasteiger partial charge in [0.05, 0.1) is 5.39 Å². The second-order valence-corrected chi connectivity index (χ2v) is 8.34. The summed E-state index contributed by atoms with van der Waals surface area (Å²) >= 11 is 0. The van der Waals surface area contributed by atoms with Crippen LogP contribution in [-0.2, 0) is 0 Å². The molecule has 2 aromatic rings. The first kappa shape index (κ1) is 15.6. The average Bonchev–Trinajstić information content (AvgIpc) is 3.11. The van der Waals surface area contributed by atoms with E-state index in [1.807, 2.05) is 0 Å². The van der Waals surface area contributed by atoms with Gasteiger partial charge in [0.25, 0.3) is 5.91 Å². The number of carbonyl (C=O) groups excluding carboxylic acids is 1. The number of H-pyrrole nitrogens is 1. The van der Waals surface area contributed by atoms with Crippen molar-refractivity contribution in [3.05, 3.63) is 29.3 Å². The summed E-state index contributed by atoms with van der Waals surface area (Å²) in [6.45, 7) is 8.65. The Balaban J connectivity index is 1.56. The van der Waals surface area contributed by atoms with Crippen molar-refractivity contribution in [2.24, 2.45) is 23.2 Å². The van der Waals surface area contributed by atoms with Crippen molar-refractivity contribution in [1.82, 2.24) is 15.3 Å². The number of nitrogens with zero attached hydrogens (tertiary/aromatic N) is 1. The Kier molecular flexibility index (Phi) is 3.28. The monoisotopic (exact) mass is 329 g/mol. The predicted molar refractivity (Wildman–Crippen MR) is 91.2 cm³/mol. The van der Waals surface area contributed by atoms with Gasteiger partial charge < -0.3 is 10.3 Å². The van der Waals surface area contributed by atoms with Crippen molar-refractivity contribution < 1.29 is 9.18 Å². The highest BCUT2D eigenvalue weighted by molar-refractivity contribution is 5.97. The standard InChI is InChI=1S/C19H24FN3O/c1-9-5-14(20)12-7-15(22-17(12)21-9)18(24)23-16-10(2)13-6-11(16)8-19(13,3)4/h5,7,10-11,13,16H,6,8H2,1-4H3,(H,21,22)(H,23,24)/t10-,11?,13-,16+/m0/s1. The zero-order chi connectivity index (χ0) is 17.2. The van der Waals surface area contributed by atoms with Gasteiger partial charge in [0.2, 0.25) is 0 Å². The number of amides is 1. The minimum absolute atomic E-state index is 0.160. The Morgan fingerprint density at radius 3 is 2.83 bits per heavy atom.